The molecule has 2 unspecified atom stereocenters. The monoisotopic (exact) mass is 453 g/mol. The van der Waals surface area contributed by atoms with E-state index in [1.54, 1.807) is 60.7 Å². The number of anilines is 1. The van der Waals surface area contributed by atoms with Crippen LogP contribution < -0.4 is 15.8 Å². The molecular weight excluding hydrogens is 430 g/mol. The number of aromatic nitrogens is 1. The van der Waals surface area contributed by atoms with Crippen LogP contribution >= 0.6 is 0 Å². The van der Waals surface area contributed by atoms with Crippen molar-refractivity contribution in [2.75, 3.05) is 11.0 Å². The van der Waals surface area contributed by atoms with Crippen LogP contribution in [0.2, 0.25) is 0 Å². The molecule has 0 saturated heterocycles. The Kier molecular flexibility index (Phi) is 7.05. The molecule has 1 heterocycles. The predicted molar refractivity (Wildman–Crippen MR) is 119 cm³/mol. The smallest absolute Gasteiger partial charge is 0.230 e. The third kappa shape index (κ3) is 5.79. The van der Waals surface area contributed by atoms with Crippen molar-refractivity contribution >= 4 is 21.7 Å². The van der Waals surface area contributed by atoms with Crippen molar-refractivity contribution in [1.82, 2.24) is 10.3 Å². The Hall–Kier alpha value is -3.52. The lowest BCUT2D eigenvalue weighted by molar-refractivity contribution is -0.134. The number of hydrogen-bond donors (Lipinski definition) is 3. The molecular formula is C22H23N5O4S. The van der Waals surface area contributed by atoms with Crippen LogP contribution in [0.4, 0.5) is 5.82 Å². The van der Waals surface area contributed by atoms with E-state index in [1.807, 2.05) is 0 Å². The number of nitrogens with zero attached hydrogens (tertiary/aromatic N) is 2. The zero-order valence-corrected chi connectivity index (χ0v) is 18.2. The maximum absolute atomic E-state index is 12.2. The highest BCUT2D eigenvalue weighted by Gasteiger charge is 2.41. The standard InChI is InChI=1S/C22H23N5O4S/c1-32(29,30)27-20-12-16(9-11-25-20)14-26-22(10-5-4-8-19(22)21(24)28)31-15-18-7-3-2-6-17(18)13-23/h2-12,19,26H,14-15H2,1H3,(H2,24,28)(H,25,27). The first kappa shape index (κ1) is 23.1. The molecule has 9 nitrogen and oxygen atoms in total. The first-order valence-corrected chi connectivity index (χ1v) is 11.6. The summed E-state index contributed by atoms with van der Waals surface area (Å²) in [5.74, 6) is -1.21. The van der Waals surface area contributed by atoms with Crippen molar-refractivity contribution in [3.63, 3.8) is 0 Å². The van der Waals surface area contributed by atoms with Crippen molar-refractivity contribution in [2.45, 2.75) is 18.9 Å². The van der Waals surface area contributed by atoms with Gasteiger partial charge in [0.15, 0.2) is 5.72 Å². The van der Waals surface area contributed by atoms with Crippen LogP contribution in [0.15, 0.2) is 66.9 Å². The van der Waals surface area contributed by atoms with Gasteiger partial charge in [0, 0.05) is 12.7 Å². The summed E-state index contributed by atoms with van der Waals surface area (Å²) < 4.78 is 31.5. The van der Waals surface area contributed by atoms with Gasteiger partial charge in [0.2, 0.25) is 15.9 Å². The number of pyridine rings is 1. The Morgan fingerprint density at radius 1 is 1.31 bits per heavy atom. The van der Waals surface area contributed by atoms with E-state index >= 15 is 0 Å². The number of nitriles is 1. The van der Waals surface area contributed by atoms with Crippen LogP contribution in [-0.4, -0.2) is 31.3 Å². The lowest BCUT2D eigenvalue weighted by Crippen LogP contribution is -2.55. The Balaban J connectivity index is 1.85. The number of rotatable bonds is 9. The molecule has 2 atom stereocenters. The molecule has 1 aliphatic rings. The van der Waals surface area contributed by atoms with E-state index in [4.69, 9.17) is 10.5 Å². The minimum absolute atomic E-state index is 0.0654. The van der Waals surface area contributed by atoms with Crippen LogP contribution in [0.25, 0.3) is 0 Å². The van der Waals surface area contributed by atoms with Gasteiger partial charge in [-0.3, -0.25) is 14.8 Å². The fraction of sp³-hybridized carbons (Fsp3) is 0.227. The molecule has 2 aromatic rings. The second-order valence-electron chi connectivity index (χ2n) is 7.25. The van der Waals surface area contributed by atoms with Crippen molar-refractivity contribution in [1.29, 1.82) is 5.26 Å². The zero-order valence-electron chi connectivity index (χ0n) is 17.4. The van der Waals surface area contributed by atoms with E-state index in [0.717, 1.165) is 6.26 Å². The van der Waals surface area contributed by atoms with Crippen molar-refractivity contribution in [3.05, 3.63) is 83.6 Å². The number of nitrogens with one attached hydrogen (secondary N) is 2. The molecule has 1 aromatic heterocycles. The minimum atomic E-state index is -3.47. The third-order valence-corrected chi connectivity index (χ3v) is 5.39. The average Bonchev–Trinajstić information content (AvgIpc) is 2.76. The highest BCUT2D eigenvalue weighted by atomic mass is 32.2. The van der Waals surface area contributed by atoms with Gasteiger partial charge in [0.25, 0.3) is 0 Å². The molecule has 0 saturated carbocycles. The minimum Gasteiger partial charge on any atom is -0.369 e. The molecule has 1 aromatic carbocycles. The summed E-state index contributed by atoms with van der Waals surface area (Å²) in [4.78, 5) is 16.2. The molecule has 0 fully saturated rings. The number of allylic oxidation sites excluding steroid dienone is 2. The molecule has 4 N–H and O–H groups in total. The van der Waals surface area contributed by atoms with E-state index in [9.17, 15) is 18.5 Å². The largest absolute Gasteiger partial charge is 0.369 e. The maximum atomic E-state index is 12.2. The molecule has 0 aliphatic heterocycles. The van der Waals surface area contributed by atoms with E-state index in [2.05, 4.69) is 21.1 Å². The fourth-order valence-corrected chi connectivity index (χ4v) is 3.80. The van der Waals surface area contributed by atoms with Gasteiger partial charge < -0.3 is 10.5 Å². The number of nitrogens with two attached hydrogens (primary N) is 1. The number of carbonyl (C=O) groups excluding carboxylic acids is 1. The summed E-state index contributed by atoms with van der Waals surface area (Å²) in [6.07, 6.45) is 9.32. The Morgan fingerprint density at radius 2 is 2.09 bits per heavy atom. The van der Waals surface area contributed by atoms with Gasteiger partial charge in [-0.15, -0.1) is 0 Å². The third-order valence-electron chi connectivity index (χ3n) is 4.81. The summed E-state index contributed by atoms with van der Waals surface area (Å²) in [5, 5.41) is 12.6. The van der Waals surface area contributed by atoms with Gasteiger partial charge in [0.05, 0.1) is 24.5 Å². The molecule has 3 rings (SSSR count). The van der Waals surface area contributed by atoms with Gasteiger partial charge >= 0.3 is 0 Å². The van der Waals surface area contributed by atoms with Crippen LogP contribution in [-0.2, 0) is 32.7 Å². The topological polar surface area (TPSA) is 147 Å². The van der Waals surface area contributed by atoms with Gasteiger partial charge in [-0.05, 0) is 35.4 Å². The lowest BCUT2D eigenvalue weighted by Gasteiger charge is -2.38. The van der Waals surface area contributed by atoms with Crippen molar-refractivity contribution < 1.29 is 17.9 Å². The first-order valence-electron chi connectivity index (χ1n) is 9.67. The van der Waals surface area contributed by atoms with E-state index in [1.165, 1.54) is 6.20 Å². The number of sulfonamides is 1. The number of ether oxygens (including phenoxy) is 1. The maximum Gasteiger partial charge on any atom is 0.230 e. The highest BCUT2D eigenvalue weighted by molar-refractivity contribution is 7.92. The molecule has 0 bridgehead atoms. The van der Waals surface area contributed by atoms with Crippen molar-refractivity contribution in [2.24, 2.45) is 11.7 Å². The molecule has 0 spiro atoms. The number of benzene rings is 1. The van der Waals surface area contributed by atoms with Crippen LogP contribution in [0.5, 0.6) is 0 Å². The van der Waals surface area contributed by atoms with E-state index < -0.39 is 27.6 Å². The summed E-state index contributed by atoms with van der Waals surface area (Å²) in [6, 6.07) is 12.4. The number of carbonyl (C=O) groups is 1. The van der Waals surface area contributed by atoms with Gasteiger partial charge in [-0.1, -0.05) is 36.4 Å². The van der Waals surface area contributed by atoms with E-state index in [0.29, 0.717) is 16.7 Å². The lowest BCUT2D eigenvalue weighted by atomic mass is 9.89. The van der Waals surface area contributed by atoms with Gasteiger partial charge in [-0.25, -0.2) is 13.4 Å². The molecule has 166 valence electrons. The second kappa shape index (κ2) is 9.74. The van der Waals surface area contributed by atoms with Crippen molar-refractivity contribution in [3.8, 4) is 6.07 Å². The summed E-state index contributed by atoms with van der Waals surface area (Å²) in [5.41, 5.74) is 6.23. The van der Waals surface area contributed by atoms with Crippen LogP contribution in [0.3, 0.4) is 0 Å². The zero-order chi connectivity index (χ0) is 23.2. The average molecular weight is 454 g/mol. The molecule has 32 heavy (non-hydrogen) atoms. The molecule has 1 aliphatic carbocycles. The highest BCUT2D eigenvalue weighted by Crippen LogP contribution is 2.28. The second-order valence-corrected chi connectivity index (χ2v) is 9.00. The number of primary amides is 1. The number of amides is 1. The molecule has 1 amide bonds. The summed E-state index contributed by atoms with van der Waals surface area (Å²) in [6.45, 7) is 0.290. The normalized spacial score (nSPS) is 19.9. The van der Waals surface area contributed by atoms with Crippen LogP contribution in [0, 0.1) is 17.2 Å². The summed E-state index contributed by atoms with van der Waals surface area (Å²) in [7, 11) is -3.47. The van der Waals surface area contributed by atoms with Crippen LogP contribution in [0.1, 0.15) is 16.7 Å². The molecule has 0 radical (unpaired) electrons. The predicted octanol–water partition coefficient (Wildman–Crippen LogP) is 1.55. The van der Waals surface area contributed by atoms with E-state index in [-0.39, 0.29) is 19.0 Å². The first-order chi connectivity index (χ1) is 15.2. The summed E-state index contributed by atoms with van der Waals surface area (Å²) >= 11 is 0. The molecule has 10 heteroatoms. The quantitative estimate of drug-likeness (QED) is 0.488. The Morgan fingerprint density at radius 3 is 2.81 bits per heavy atom. The Bertz CT molecular complexity index is 1200. The van der Waals surface area contributed by atoms with Gasteiger partial charge in [0.1, 0.15) is 11.7 Å². The SMILES string of the molecule is CS(=O)(=O)Nc1cc(CNC2(OCc3ccccc3C#N)C=CC=CC2C(N)=O)ccn1. The number of hydrogen-bond acceptors (Lipinski definition) is 7. The van der Waals surface area contributed by atoms with Gasteiger partial charge in [-0.2, -0.15) is 5.26 Å². The fourth-order valence-electron chi connectivity index (χ4n) is 3.31. The Labute approximate surface area is 186 Å².